The average Bonchev–Trinajstić information content (AvgIpc) is 3.28. The number of rotatable bonds is 8. The van der Waals surface area contributed by atoms with E-state index in [1.54, 1.807) is 24.3 Å². The van der Waals surface area contributed by atoms with E-state index < -0.39 is 5.91 Å². The van der Waals surface area contributed by atoms with Crippen LogP contribution in [0.4, 0.5) is 5.69 Å². The zero-order chi connectivity index (χ0) is 19.2. The first-order valence-corrected chi connectivity index (χ1v) is 9.77. The highest BCUT2D eigenvalue weighted by atomic mass is 16.5. The monoisotopic (exact) mass is 373 g/mol. The van der Waals surface area contributed by atoms with Crippen LogP contribution in [0.5, 0.6) is 0 Å². The number of esters is 2. The lowest BCUT2D eigenvalue weighted by Gasteiger charge is -2.20. The molecule has 0 saturated heterocycles. The number of anilines is 1. The maximum absolute atomic E-state index is 12.0. The van der Waals surface area contributed by atoms with Crippen LogP contribution in [0, 0.1) is 17.8 Å². The summed E-state index contributed by atoms with van der Waals surface area (Å²) in [4.78, 5) is 35.7. The first-order valence-electron chi connectivity index (χ1n) is 9.77. The number of hydrogen-bond acceptors (Lipinski definition) is 5. The van der Waals surface area contributed by atoms with Gasteiger partial charge >= 0.3 is 11.9 Å². The van der Waals surface area contributed by atoms with Gasteiger partial charge in [0.15, 0.2) is 6.61 Å². The molecule has 6 nitrogen and oxygen atoms in total. The second-order valence-electron chi connectivity index (χ2n) is 7.56. The number of carbonyl (C=O) groups excluding carboxylic acids is 3. The molecule has 0 spiro atoms. The highest BCUT2D eigenvalue weighted by Crippen LogP contribution is 2.49. The molecule has 0 heterocycles. The number of amides is 1. The average molecular weight is 373 g/mol. The molecule has 2 aliphatic rings. The Labute approximate surface area is 159 Å². The maximum Gasteiger partial charge on any atom is 0.338 e. The minimum atomic E-state index is -0.391. The van der Waals surface area contributed by atoms with Crippen molar-refractivity contribution in [2.75, 3.05) is 18.5 Å². The molecule has 1 N–H and O–H groups in total. The molecule has 0 aliphatic heterocycles. The van der Waals surface area contributed by atoms with E-state index in [1.165, 1.54) is 19.3 Å². The van der Waals surface area contributed by atoms with E-state index in [2.05, 4.69) is 5.32 Å². The summed E-state index contributed by atoms with van der Waals surface area (Å²) >= 11 is 0. The zero-order valence-corrected chi connectivity index (χ0v) is 15.7. The van der Waals surface area contributed by atoms with Crippen LogP contribution in [0.3, 0.4) is 0 Å². The van der Waals surface area contributed by atoms with Crippen molar-refractivity contribution in [3.8, 4) is 0 Å². The Balaban J connectivity index is 1.38. The lowest BCUT2D eigenvalue weighted by molar-refractivity contribution is -0.148. The molecule has 2 bridgehead atoms. The van der Waals surface area contributed by atoms with Crippen LogP contribution in [-0.4, -0.2) is 31.1 Å². The Bertz CT molecular complexity index is 684. The number of nitrogens with one attached hydrogen (secondary N) is 1. The van der Waals surface area contributed by atoms with Crippen molar-refractivity contribution in [2.45, 2.75) is 45.4 Å². The smallest absolute Gasteiger partial charge is 0.338 e. The van der Waals surface area contributed by atoms with Crippen molar-refractivity contribution in [1.29, 1.82) is 0 Å². The molecule has 27 heavy (non-hydrogen) atoms. The first kappa shape index (κ1) is 19.4. The standard InChI is InChI=1S/C21H27NO5/c1-2-9-26-21(25)15-5-7-18(8-6-15)22-19(23)13-27-20(24)12-17-11-14-3-4-16(17)10-14/h5-8,14,16-17H,2-4,9-13H2,1H3,(H,22,23)/t14-,16-,17-/m1/s1. The summed E-state index contributed by atoms with van der Waals surface area (Å²) < 4.78 is 10.2. The molecule has 3 atom stereocenters. The fraction of sp³-hybridized carbons (Fsp3) is 0.571. The van der Waals surface area contributed by atoms with Crippen molar-refractivity contribution in [3.63, 3.8) is 0 Å². The van der Waals surface area contributed by atoms with Crippen molar-refractivity contribution < 1.29 is 23.9 Å². The summed E-state index contributed by atoms with van der Waals surface area (Å²) in [5.74, 6) is 0.815. The molecule has 6 heteroatoms. The van der Waals surface area contributed by atoms with Crippen LogP contribution in [0.1, 0.15) is 55.8 Å². The molecular weight excluding hydrogens is 346 g/mol. The fourth-order valence-electron chi connectivity index (χ4n) is 4.21. The molecule has 1 aromatic carbocycles. The topological polar surface area (TPSA) is 81.7 Å². The minimum absolute atomic E-state index is 0.292. The van der Waals surface area contributed by atoms with Gasteiger partial charge in [-0.05, 0) is 67.7 Å². The van der Waals surface area contributed by atoms with E-state index in [-0.39, 0.29) is 18.5 Å². The van der Waals surface area contributed by atoms with E-state index in [0.717, 1.165) is 18.8 Å². The highest BCUT2D eigenvalue weighted by molar-refractivity contribution is 5.94. The molecular formula is C21H27NO5. The maximum atomic E-state index is 12.0. The predicted octanol–water partition coefficient (Wildman–Crippen LogP) is 3.56. The Morgan fingerprint density at radius 1 is 1.07 bits per heavy atom. The van der Waals surface area contributed by atoms with Gasteiger partial charge in [-0.3, -0.25) is 9.59 Å². The van der Waals surface area contributed by atoms with Gasteiger partial charge in [-0.15, -0.1) is 0 Å². The minimum Gasteiger partial charge on any atom is -0.462 e. The molecule has 0 unspecified atom stereocenters. The molecule has 2 aliphatic carbocycles. The van der Waals surface area contributed by atoms with Crippen LogP contribution < -0.4 is 5.32 Å². The first-order chi connectivity index (χ1) is 13.0. The lowest BCUT2D eigenvalue weighted by Crippen LogP contribution is -2.23. The Kier molecular flexibility index (Phi) is 6.48. The van der Waals surface area contributed by atoms with Crippen LogP contribution in [0.15, 0.2) is 24.3 Å². The van der Waals surface area contributed by atoms with Crippen LogP contribution in [0.2, 0.25) is 0 Å². The molecule has 3 rings (SSSR count). The second-order valence-corrected chi connectivity index (χ2v) is 7.56. The van der Waals surface area contributed by atoms with Gasteiger partial charge in [0.25, 0.3) is 5.91 Å². The molecule has 146 valence electrons. The van der Waals surface area contributed by atoms with Crippen molar-refractivity contribution in [2.24, 2.45) is 17.8 Å². The summed E-state index contributed by atoms with van der Waals surface area (Å²) in [5.41, 5.74) is 0.968. The van der Waals surface area contributed by atoms with Gasteiger partial charge in [0.2, 0.25) is 0 Å². The van der Waals surface area contributed by atoms with E-state index >= 15 is 0 Å². The summed E-state index contributed by atoms with van der Waals surface area (Å²) in [6.45, 7) is 2.02. The SMILES string of the molecule is CCCOC(=O)c1ccc(NC(=O)COC(=O)C[C@H]2C[C@@H]3CC[C@@H]2C3)cc1. The fourth-order valence-corrected chi connectivity index (χ4v) is 4.21. The van der Waals surface area contributed by atoms with Crippen LogP contribution in [0.25, 0.3) is 0 Å². The molecule has 2 saturated carbocycles. The number of fused-ring (bicyclic) bond motifs is 2. The molecule has 1 amide bonds. The third kappa shape index (κ3) is 5.31. The van der Waals surface area contributed by atoms with Crippen LogP contribution >= 0.6 is 0 Å². The Morgan fingerprint density at radius 2 is 1.85 bits per heavy atom. The summed E-state index contributed by atoms with van der Waals surface area (Å²) in [5, 5.41) is 2.66. The quantitative estimate of drug-likeness (QED) is 0.705. The van der Waals surface area contributed by atoms with Crippen molar-refractivity contribution >= 4 is 23.5 Å². The van der Waals surface area contributed by atoms with Crippen LogP contribution in [-0.2, 0) is 19.1 Å². The Morgan fingerprint density at radius 3 is 2.48 bits per heavy atom. The zero-order valence-electron chi connectivity index (χ0n) is 15.7. The number of ether oxygens (including phenoxy) is 2. The van der Waals surface area contributed by atoms with E-state index in [4.69, 9.17) is 9.47 Å². The molecule has 2 fully saturated rings. The third-order valence-electron chi connectivity index (χ3n) is 5.52. The van der Waals surface area contributed by atoms with E-state index in [1.807, 2.05) is 6.92 Å². The lowest BCUT2D eigenvalue weighted by atomic mass is 9.86. The van der Waals surface area contributed by atoms with Gasteiger partial charge < -0.3 is 14.8 Å². The number of carbonyl (C=O) groups is 3. The summed E-state index contributed by atoms with van der Waals surface area (Å²) in [6.07, 6.45) is 6.09. The van der Waals surface area contributed by atoms with E-state index in [9.17, 15) is 14.4 Å². The predicted molar refractivity (Wildman–Crippen MR) is 100 cm³/mol. The second kappa shape index (κ2) is 9.02. The molecule has 0 radical (unpaired) electrons. The van der Waals surface area contributed by atoms with Gasteiger partial charge in [-0.1, -0.05) is 13.3 Å². The normalized spacial score (nSPS) is 23.1. The molecule has 0 aromatic heterocycles. The molecule has 1 aromatic rings. The largest absolute Gasteiger partial charge is 0.462 e. The Hall–Kier alpha value is -2.37. The van der Waals surface area contributed by atoms with Gasteiger partial charge in [0, 0.05) is 12.1 Å². The summed E-state index contributed by atoms with van der Waals surface area (Å²) in [7, 11) is 0. The van der Waals surface area contributed by atoms with Gasteiger partial charge in [0.05, 0.1) is 12.2 Å². The van der Waals surface area contributed by atoms with E-state index in [0.29, 0.717) is 36.1 Å². The highest BCUT2D eigenvalue weighted by Gasteiger charge is 2.40. The van der Waals surface area contributed by atoms with Gasteiger partial charge in [0.1, 0.15) is 0 Å². The summed E-state index contributed by atoms with van der Waals surface area (Å²) in [6, 6.07) is 6.43. The number of hydrogen-bond donors (Lipinski definition) is 1. The van der Waals surface area contributed by atoms with Gasteiger partial charge in [-0.25, -0.2) is 4.79 Å². The number of benzene rings is 1. The van der Waals surface area contributed by atoms with Gasteiger partial charge in [-0.2, -0.15) is 0 Å². The van der Waals surface area contributed by atoms with Crippen molar-refractivity contribution in [3.05, 3.63) is 29.8 Å². The van der Waals surface area contributed by atoms with Crippen molar-refractivity contribution in [1.82, 2.24) is 0 Å². The third-order valence-corrected chi connectivity index (χ3v) is 5.52.